The largest absolute Gasteiger partial charge is 0.477 e. The van der Waals surface area contributed by atoms with Crippen LogP contribution in [0.2, 0.25) is 5.02 Å². The van der Waals surface area contributed by atoms with E-state index in [9.17, 15) is 9.59 Å². The third-order valence-electron chi connectivity index (χ3n) is 4.17. The average Bonchev–Trinajstić information content (AvgIpc) is 2.66. The second kappa shape index (κ2) is 8.10. The van der Waals surface area contributed by atoms with Crippen LogP contribution in [0.3, 0.4) is 0 Å². The van der Waals surface area contributed by atoms with Crippen molar-refractivity contribution in [1.29, 1.82) is 0 Å². The van der Waals surface area contributed by atoms with Crippen LogP contribution in [-0.2, 0) is 16.1 Å². The molecule has 2 aromatic carbocycles. The molecule has 7 heteroatoms. The van der Waals surface area contributed by atoms with Crippen LogP contribution in [0.1, 0.15) is 5.56 Å². The number of fused-ring (bicyclic) bond motifs is 1. The third-order valence-corrected chi connectivity index (χ3v) is 4.54. The number of ether oxygens (including phenoxy) is 1. The van der Waals surface area contributed by atoms with Crippen molar-refractivity contribution < 1.29 is 14.3 Å². The number of hydrogen-bond acceptors (Lipinski definition) is 4. The van der Waals surface area contributed by atoms with E-state index in [1.807, 2.05) is 41.3 Å². The number of rotatable bonds is 5. The van der Waals surface area contributed by atoms with Crippen LogP contribution in [0.4, 0.5) is 5.69 Å². The summed E-state index contributed by atoms with van der Waals surface area (Å²) in [5.41, 5.74) is 1.65. The molecule has 6 nitrogen and oxygen atoms in total. The minimum absolute atomic E-state index is 0.123. The van der Waals surface area contributed by atoms with Gasteiger partial charge in [-0.3, -0.25) is 9.59 Å². The zero-order chi connectivity index (χ0) is 18.5. The van der Waals surface area contributed by atoms with Gasteiger partial charge >= 0.3 is 0 Å². The van der Waals surface area contributed by atoms with E-state index in [4.69, 9.17) is 16.3 Å². The van der Waals surface area contributed by atoms with Crippen molar-refractivity contribution in [3.8, 4) is 5.75 Å². The number of nitrogens with one attached hydrogen (secondary N) is 2. The molecule has 0 unspecified atom stereocenters. The lowest BCUT2D eigenvalue weighted by atomic mass is 10.1. The van der Waals surface area contributed by atoms with Gasteiger partial charge in [0.1, 0.15) is 5.75 Å². The molecule has 0 saturated heterocycles. The molecule has 136 valence electrons. The maximum atomic E-state index is 12.4. The summed E-state index contributed by atoms with van der Waals surface area (Å²) >= 11 is 6.11. The first-order valence-corrected chi connectivity index (χ1v) is 8.68. The summed E-state index contributed by atoms with van der Waals surface area (Å²) in [6.07, 6.45) is -0.661. The van der Waals surface area contributed by atoms with E-state index >= 15 is 0 Å². The second-order valence-corrected chi connectivity index (χ2v) is 6.34. The number of halogens is 1. The number of amides is 2. The summed E-state index contributed by atoms with van der Waals surface area (Å²) < 4.78 is 5.74. The van der Waals surface area contributed by atoms with E-state index < -0.39 is 6.10 Å². The highest BCUT2D eigenvalue weighted by molar-refractivity contribution is 6.31. The van der Waals surface area contributed by atoms with Gasteiger partial charge in [0.05, 0.1) is 18.8 Å². The Hall–Kier alpha value is -2.73. The standard InChI is InChI=1S/C19H20ClN3O3/c1-21-19(25)17-11-23(15-8-4-5-9-16(15)26-17)12-18(24)22-10-13-6-2-3-7-14(13)20/h2-9,17H,10-12H2,1H3,(H,21,25)(H,22,24)/t17-/m0/s1. The topological polar surface area (TPSA) is 70.7 Å². The molecule has 2 amide bonds. The monoisotopic (exact) mass is 373 g/mol. The van der Waals surface area contributed by atoms with E-state index in [-0.39, 0.29) is 18.4 Å². The zero-order valence-corrected chi connectivity index (χ0v) is 15.1. The van der Waals surface area contributed by atoms with E-state index in [1.165, 1.54) is 0 Å². The van der Waals surface area contributed by atoms with Gasteiger partial charge in [0.2, 0.25) is 5.91 Å². The number of hydrogen-bond donors (Lipinski definition) is 2. The van der Waals surface area contributed by atoms with E-state index in [0.29, 0.717) is 23.9 Å². The van der Waals surface area contributed by atoms with Crippen molar-refractivity contribution in [2.24, 2.45) is 0 Å². The minimum atomic E-state index is -0.661. The van der Waals surface area contributed by atoms with Gasteiger partial charge in [-0.05, 0) is 23.8 Å². The summed E-state index contributed by atoms with van der Waals surface area (Å²) in [6, 6.07) is 14.7. The summed E-state index contributed by atoms with van der Waals surface area (Å²) in [6.45, 7) is 0.776. The first-order valence-electron chi connectivity index (χ1n) is 8.31. The molecule has 0 saturated carbocycles. The molecule has 0 spiro atoms. The Bertz CT molecular complexity index is 812. The average molecular weight is 374 g/mol. The third kappa shape index (κ3) is 4.08. The predicted octanol–water partition coefficient (Wildman–Crippen LogP) is 1.97. The zero-order valence-electron chi connectivity index (χ0n) is 14.4. The number of benzene rings is 2. The molecule has 0 aromatic heterocycles. The summed E-state index contributed by atoms with van der Waals surface area (Å²) in [4.78, 5) is 26.2. The van der Waals surface area contributed by atoms with Crippen LogP contribution in [0, 0.1) is 0 Å². The number of anilines is 1. The molecule has 0 radical (unpaired) electrons. The fraction of sp³-hybridized carbons (Fsp3) is 0.263. The van der Waals surface area contributed by atoms with Crippen molar-refractivity contribution in [3.63, 3.8) is 0 Å². The number of likely N-dealkylation sites (N-methyl/N-ethyl adjacent to an activating group) is 1. The number of para-hydroxylation sites is 2. The Morgan fingerprint density at radius 1 is 1.19 bits per heavy atom. The van der Waals surface area contributed by atoms with Gasteiger partial charge < -0.3 is 20.3 Å². The van der Waals surface area contributed by atoms with Gasteiger partial charge in [0.25, 0.3) is 5.91 Å². The molecule has 0 aliphatic carbocycles. The fourth-order valence-electron chi connectivity index (χ4n) is 2.82. The number of carbonyl (C=O) groups excluding carboxylic acids is 2. The molecule has 2 N–H and O–H groups in total. The number of carbonyl (C=O) groups is 2. The Labute approximate surface area is 157 Å². The maximum Gasteiger partial charge on any atom is 0.262 e. The fourth-order valence-corrected chi connectivity index (χ4v) is 3.02. The van der Waals surface area contributed by atoms with Gasteiger partial charge in [-0.15, -0.1) is 0 Å². The molecule has 1 heterocycles. The molecule has 0 bridgehead atoms. The molecule has 3 rings (SSSR count). The molecular weight excluding hydrogens is 354 g/mol. The summed E-state index contributed by atoms with van der Waals surface area (Å²) in [7, 11) is 1.56. The van der Waals surface area contributed by atoms with Crippen LogP contribution in [-0.4, -0.2) is 38.1 Å². The van der Waals surface area contributed by atoms with Gasteiger partial charge in [0, 0.05) is 18.6 Å². The Balaban J connectivity index is 1.68. The highest BCUT2D eigenvalue weighted by Crippen LogP contribution is 2.32. The van der Waals surface area contributed by atoms with Crippen LogP contribution in [0.15, 0.2) is 48.5 Å². The SMILES string of the molecule is CNC(=O)[C@@H]1CN(CC(=O)NCc2ccccc2Cl)c2ccccc2O1. The van der Waals surface area contributed by atoms with Gasteiger partial charge in [0.15, 0.2) is 6.10 Å². The van der Waals surface area contributed by atoms with Gasteiger partial charge in [-0.1, -0.05) is 41.9 Å². The van der Waals surface area contributed by atoms with Crippen LogP contribution in [0.5, 0.6) is 5.75 Å². The second-order valence-electron chi connectivity index (χ2n) is 5.94. The van der Waals surface area contributed by atoms with Crippen LogP contribution >= 0.6 is 11.6 Å². The highest BCUT2D eigenvalue weighted by atomic mass is 35.5. The highest BCUT2D eigenvalue weighted by Gasteiger charge is 2.30. The summed E-state index contributed by atoms with van der Waals surface area (Å²) in [5, 5.41) is 6.07. The van der Waals surface area contributed by atoms with Crippen molar-refractivity contribution in [3.05, 3.63) is 59.1 Å². The molecule has 1 aliphatic heterocycles. The first kappa shape index (κ1) is 18.1. The Kier molecular flexibility index (Phi) is 5.63. The van der Waals surface area contributed by atoms with Crippen LogP contribution < -0.4 is 20.3 Å². The number of nitrogens with zero attached hydrogens (tertiary/aromatic N) is 1. The van der Waals surface area contributed by atoms with E-state index in [1.54, 1.807) is 19.2 Å². The molecule has 1 atom stereocenters. The molecular formula is C19H20ClN3O3. The lowest BCUT2D eigenvalue weighted by molar-refractivity contribution is -0.127. The first-order chi connectivity index (χ1) is 12.6. The molecule has 1 aliphatic rings. The molecule has 2 aromatic rings. The van der Waals surface area contributed by atoms with Crippen molar-refractivity contribution in [2.75, 3.05) is 25.0 Å². The smallest absolute Gasteiger partial charge is 0.262 e. The van der Waals surface area contributed by atoms with E-state index in [2.05, 4.69) is 10.6 Å². The normalized spacial score (nSPS) is 15.6. The van der Waals surface area contributed by atoms with Gasteiger partial charge in [-0.25, -0.2) is 0 Å². The summed E-state index contributed by atoms with van der Waals surface area (Å²) in [5.74, 6) is 0.213. The quantitative estimate of drug-likeness (QED) is 0.840. The molecule has 0 fully saturated rings. The van der Waals surface area contributed by atoms with Crippen molar-refractivity contribution in [2.45, 2.75) is 12.6 Å². The molecule has 26 heavy (non-hydrogen) atoms. The van der Waals surface area contributed by atoms with Crippen LogP contribution in [0.25, 0.3) is 0 Å². The maximum absolute atomic E-state index is 12.4. The van der Waals surface area contributed by atoms with E-state index in [0.717, 1.165) is 11.3 Å². The van der Waals surface area contributed by atoms with Crippen molar-refractivity contribution in [1.82, 2.24) is 10.6 Å². The van der Waals surface area contributed by atoms with Gasteiger partial charge in [-0.2, -0.15) is 0 Å². The lowest BCUT2D eigenvalue weighted by Gasteiger charge is -2.35. The Morgan fingerprint density at radius 2 is 1.92 bits per heavy atom. The predicted molar refractivity (Wildman–Crippen MR) is 100 cm³/mol. The lowest BCUT2D eigenvalue weighted by Crippen LogP contribution is -2.50. The van der Waals surface area contributed by atoms with Crippen molar-refractivity contribution >= 4 is 29.1 Å². The Morgan fingerprint density at radius 3 is 2.69 bits per heavy atom. The minimum Gasteiger partial charge on any atom is -0.477 e.